The van der Waals surface area contributed by atoms with E-state index in [4.69, 9.17) is 16.3 Å². The van der Waals surface area contributed by atoms with E-state index in [0.29, 0.717) is 24.7 Å². The highest BCUT2D eigenvalue weighted by molar-refractivity contribution is 6.30. The van der Waals surface area contributed by atoms with E-state index >= 15 is 0 Å². The number of aliphatic hydroxyl groups excluding tert-OH is 1. The van der Waals surface area contributed by atoms with Crippen LogP contribution in [0.5, 0.6) is 0 Å². The van der Waals surface area contributed by atoms with Crippen LogP contribution in [0.4, 0.5) is 0 Å². The number of carbonyl (C=O) groups excluding carboxylic acids is 1. The summed E-state index contributed by atoms with van der Waals surface area (Å²) in [5.41, 5.74) is 1.00. The third-order valence-electron chi connectivity index (χ3n) is 2.61. The van der Waals surface area contributed by atoms with Crippen LogP contribution in [0.15, 0.2) is 24.3 Å². The number of aliphatic hydroxyl groups is 1. The van der Waals surface area contributed by atoms with Gasteiger partial charge in [-0.3, -0.25) is 4.79 Å². The molecular weight excluding hydrogens is 282 g/mol. The van der Waals surface area contributed by atoms with Crippen LogP contribution in [0.2, 0.25) is 5.02 Å². The highest BCUT2D eigenvalue weighted by Gasteiger charge is 2.05. The largest absolute Gasteiger partial charge is 0.469 e. The first-order valence-corrected chi connectivity index (χ1v) is 6.77. The Hall–Kier alpha value is -1.14. The fraction of sp³-hybridized carbons (Fsp3) is 0.500. The molecule has 0 spiro atoms. The van der Waals surface area contributed by atoms with E-state index in [-0.39, 0.29) is 19.0 Å². The number of esters is 1. The minimum Gasteiger partial charge on any atom is -0.469 e. The molecule has 0 amide bonds. The second kappa shape index (κ2) is 9.72. The molecule has 0 saturated heterocycles. The summed E-state index contributed by atoms with van der Waals surface area (Å²) < 4.78 is 9.90. The second-order valence-electron chi connectivity index (χ2n) is 4.33. The summed E-state index contributed by atoms with van der Waals surface area (Å²) in [5.74, 6) is -0.272. The van der Waals surface area contributed by atoms with E-state index in [1.165, 1.54) is 7.11 Å². The quantitative estimate of drug-likeness (QED) is 0.533. The summed E-state index contributed by atoms with van der Waals surface area (Å²) in [6, 6.07) is 7.35. The van der Waals surface area contributed by atoms with Crippen molar-refractivity contribution < 1.29 is 19.4 Å². The lowest BCUT2D eigenvalue weighted by Gasteiger charge is -2.12. The standard InChI is InChI=1S/C14H20ClNO4/c1-19-14(18)6-7-16-8-13(17)10-20-9-11-2-4-12(15)5-3-11/h2-5,13,16-17H,6-10H2,1H3. The van der Waals surface area contributed by atoms with E-state index in [1.54, 1.807) is 12.1 Å². The number of hydrogen-bond donors (Lipinski definition) is 2. The number of rotatable bonds is 9. The first kappa shape index (κ1) is 16.9. The van der Waals surface area contributed by atoms with Crippen LogP contribution >= 0.6 is 11.6 Å². The van der Waals surface area contributed by atoms with Crippen molar-refractivity contribution in [2.24, 2.45) is 0 Å². The molecule has 2 N–H and O–H groups in total. The molecule has 1 atom stereocenters. The minimum absolute atomic E-state index is 0.230. The molecule has 0 radical (unpaired) electrons. The number of nitrogens with one attached hydrogen (secondary N) is 1. The molecule has 112 valence electrons. The number of benzene rings is 1. The zero-order valence-corrected chi connectivity index (χ0v) is 12.2. The predicted octanol–water partition coefficient (Wildman–Crippen LogP) is 1.37. The predicted molar refractivity (Wildman–Crippen MR) is 76.6 cm³/mol. The SMILES string of the molecule is COC(=O)CCNCC(O)COCc1ccc(Cl)cc1. The minimum atomic E-state index is -0.611. The third kappa shape index (κ3) is 7.45. The van der Waals surface area contributed by atoms with Gasteiger partial charge in [-0.2, -0.15) is 0 Å². The molecule has 0 saturated carbocycles. The Morgan fingerprint density at radius 3 is 2.75 bits per heavy atom. The summed E-state index contributed by atoms with van der Waals surface area (Å²) in [7, 11) is 1.35. The Morgan fingerprint density at radius 2 is 2.10 bits per heavy atom. The molecule has 0 fully saturated rings. The molecule has 0 aromatic heterocycles. The first-order valence-electron chi connectivity index (χ1n) is 6.39. The second-order valence-corrected chi connectivity index (χ2v) is 4.76. The van der Waals surface area contributed by atoms with Crippen LogP contribution in [0.1, 0.15) is 12.0 Å². The van der Waals surface area contributed by atoms with E-state index < -0.39 is 6.10 Å². The molecule has 1 aromatic carbocycles. The highest BCUT2D eigenvalue weighted by atomic mass is 35.5. The summed E-state index contributed by atoms with van der Waals surface area (Å²) in [6.45, 7) is 1.50. The Kier molecular flexibility index (Phi) is 8.22. The smallest absolute Gasteiger partial charge is 0.306 e. The molecule has 0 aliphatic heterocycles. The van der Waals surface area contributed by atoms with Crippen LogP contribution in [-0.2, 0) is 20.9 Å². The number of ether oxygens (including phenoxy) is 2. The number of hydrogen-bond acceptors (Lipinski definition) is 5. The van der Waals surface area contributed by atoms with Crippen LogP contribution in [0.3, 0.4) is 0 Å². The Morgan fingerprint density at radius 1 is 1.40 bits per heavy atom. The number of carbonyl (C=O) groups is 1. The zero-order valence-electron chi connectivity index (χ0n) is 11.5. The van der Waals surface area contributed by atoms with Crippen LogP contribution in [0, 0.1) is 0 Å². The molecule has 1 unspecified atom stereocenters. The molecule has 20 heavy (non-hydrogen) atoms. The fourth-order valence-corrected chi connectivity index (χ4v) is 1.64. The number of methoxy groups -OCH3 is 1. The fourth-order valence-electron chi connectivity index (χ4n) is 1.51. The zero-order chi connectivity index (χ0) is 14.8. The van der Waals surface area contributed by atoms with Gasteiger partial charge >= 0.3 is 5.97 Å². The van der Waals surface area contributed by atoms with E-state index in [0.717, 1.165) is 5.56 Å². The molecular formula is C14H20ClNO4. The first-order chi connectivity index (χ1) is 9.61. The third-order valence-corrected chi connectivity index (χ3v) is 2.86. The van der Waals surface area contributed by atoms with Crippen LogP contribution < -0.4 is 5.32 Å². The van der Waals surface area contributed by atoms with Crippen molar-refractivity contribution in [1.29, 1.82) is 0 Å². The topological polar surface area (TPSA) is 67.8 Å². The van der Waals surface area contributed by atoms with Crippen molar-refractivity contribution in [2.45, 2.75) is 19.1 Å². The van der Waals surface area contributed by atoms with E-state index in [2.05, 4.69) is 10.1 Å². The van der Waals surface area contributed by atoms with Crippen molar-refractivity contribution >= 4 is 17.6 Å². The monoisotopic (exact) mass is 301 g/mol. The Labute approximate surface area is 123 Å². The molecule has 1 aromatic rings. The van der Waals surface area contributed by atoms with Crippen molar-refractivity contribution in [1.82, 2.24) is 5.32 Å². The molecule has 0 bridgehead atoms. The van der Waals surface area contributed by atoms with Crippen LogP contribution in [0.25, 0.3) is 0 Å². The molecule has 1 rings (SSSR count). The summed E-state index contributed by atoms with van der Waals surface area (Å²) in [4.78, 5) is 10.9. The maximum atomic E-state index is 10.9. The van der Waals surface area contributed by atoms with E-state index in [1.807, 2.05) is 12.1 Å². The summed E-state index contributed by atoms with van der Waals surface area (Å²) >= 11 is 5.78. The average molecular weight is 302 g/mol. The lowest BCUT2D eigenvalue weighted by molar-refractivity contribution is -0.140. The van der Waals surface area contributed by atoms with Gasteiger partial charge in [-0.25, -0.2) is 0 Å². The van der Waals surface area contributed by atoms with Gasteiger partial charge in [0, 0.05) is 18.1 Å². The van der Waals surface area contributed by atoms with Gasteiger partial charge in [-0.1, -0.05) is 23.7 Å². The Bertz CT molecular complexity index is 397. The average Bonchev–Trinajstić information content (AvgIpc) is 2.45. The maximum Gasteiger partial charge on any atom is 0.306 e. The van der Waals surface area contributed by atoms with Gasteiger partial charge in [-0.15, -0.1) is 0 Å². The molecule has 5 nitrogen and oxygen atoms in total. The summed E-state index contributed by atoms with van der Waals surface area (Å²) in [5, 5.41) is 13.3. The molecule has 0 heterocycles. The molecule has 0 aliphatic carbocycles. The van der Waals surface area contributed by atoms with Crippen molar-refractivity contribution in [3.05, 3.63) is 34.9 Å². The van der Waals surface area contributed by atoms with Gasteiger partial charge in [0.05, 0.1) is 32.8 Å². The lowest BCUT2D eigenvalue weighted by Crippen LogP contribution is -2.31. The van der Waals surface area contributed by atoms with E-state index in [9.17, 15) is 9.90 Å². The summed E-state index contributed by atoms with van der Waals surface area (Å²) in [6.07, 6.45) is -0.325. The van der Waals surface area contributed by atoms with Gasteiger partial charge in [0.1, 0.15) is 0 Å². The Balaban J connectivity index is 2.06. The lowest BCUT2D eigenvalue weighted by atomic mass is 10.2. The molecule has 0 aliphatic rings. The van der Waals surface area contributed by atoms with Gasteiger partial charge in [0.2, 0.25) is 0 Å². The molecule has 6 heteroatoms. The van der Waals surface area contributed by atoms with Crippen molar-refractivity contribution in [2.75, 3.05) is 26.8 Å². The normalized spacial score (nSPS) is 12.2. The van der Waals surface area contributed by atoms with Crippen LogP contribution in [-0.4, -0.2) is 44.0 Å². The van der Waals surface area contributed by atoms with Crippen molar-refractivity contribution in [3.8, 4) is 0 Å². The van der Waals surface area contributed by atoms with Gasteiger partial charge in [0.25, 0.3) is 0 Å². The number of halogens is 1. The van der Waals surface area contributed by atoms with Gasteiger partial charge in [-0.05, 0) is 17.7 Å². The van der Waals surface area contributed by atoms with Crippen molar-refractivity contribution in [3.63, 3.8) is 0 Å². The highest BCUT2D eigenvalue weighted by Crippen LogP contribution is 2.10. The van der Waals surface area contributed by atoms with Gasteiger partial charge in [0.15, 0.2) is 0 Å². The maximum absolute atomic E-state index is 10.9. The van der Waals surface area contributed by atoms with Gasteiger partial charge < -0.3 is 19.9 Å².